The second-order valence-corrected chi connectivity index (χ2v) is 7.54. The summed E-state index contributed by atoms with van der Waals surface area (Å²) < 4.78 is 16.0. The molecule has 1 fully saturated rings. The van der Waals surface area contributed by atoms with Crippen molar-refractivity contribution in [2.75, 3.05) is 7.11 Å². The van der Waals surface area contributed by atoms with Crippen LogP contribution in [0.15, 0.2) is 36.4 Å². The summed E-state index contributed by atoms with van der Waals surface area (Å²) in [4.78, 5) is 21.1. The molecule has 5 atom stereocenters. The Morgan fingerprint density at radius 2 is 1.58 bits per heavy atom. The average Bonchev–Trinajstić information content (AvgIpc) is 2.78. The largest absolute Gasteiger partial charge is 0.469 e. The van der Waals surface area contributed by atoms with Crippen LogP contribution in [0.5, 0.6) is 0 Å². The van der Waals surface area contributed by atoms with Crippen molar-refractivity contribution < 1.29 is 34.3 Å². The quantitative estimate of drug-likeness (QED) is 0.400. The van der Waals surface area contributed by atoms with E-state index >= 15 is 0 Å². The van der Waals surface area contributed by atoms with Gasteiger partial charge in [-0.15, -0.1) is 0 Å². The first-order valence-electron chi connectivity index (χ1n) is 9.94. The lowest BCUT2D eigenvalue weighted by Gasteiger charge is -2.38. The van der Waals surface area contributed by atoms with Gasteiger partial charge in [-0.2, -0.15) is 0 Å². The second-order valence-electron chi connectivity index (χ2n) is 7.54. The second kappa shape index (κ2) is 8.81. The van der Waals surface area contributed by atoms with E-state index in [1.54, 1.807) is 13.0 Å². The van der Waals surface area contributed by atoms with Crippen molar-refractivity contribution in [1.82, 2.24) is 9.97 Å². The fourth-order valence-electron chi connectivity index (χ4n) is 3.64. The lowest BCUT2D eigenvalue weighted by Crippen LogP contribution is -2.57. The number of rotatable bonds is 5. The third kappa shape index (κ3) is 4.23. The van der Waals surface area contributed by atoms with Crippen LogP contribution in [0.25, 0.3) is 22.1 Å². The molecule has 0 bridgehead atoms. The number of aliphatic hydroxyl groups is 3. The highest BCUT2D eigenvalue weighted by molar-refractivity contribution is 5.91. The Hall–Kier alpha value is -2.69. The molecule has 0 aliphatic carbocycles. The van der Waals surface area contributed by atoms with Gasteiger partial charge in [-0.1, -0.05) is 24.3 Å². The summed E-state index contributed by atoms with van der Waals surface area (Å²) in [6, 6.07) is 10.9. The van der Waals surface area contributed by atoms with Crippen molar-refractivity contribution in [3.05, 3.63) is 47.5 Å². The molecule has 0 radical (unpaired) electrons. The minimum atomic E-state index is -1.38. The van der Waals surface area contributed by atoms with Crippen LogP contribution < -0.4 is 0 Å². The summed E-state index contributed by atoms with van der Waals surface area (Å²) in [6.45, 7) is 1.65. The van der Waals surface area contributed by atoms with Gasteiger partial charge in [-0.3, -0.25) is 4.79 Å². The van der Waals surface area contributed by atoms with Crippen molar-refractivity contribution >= 4 is 28.0 Å². The van der Waals surface area contributed by atoms with E-state index in [4.69, 9.17) is 19.2 Å². The number of fused-ring (bicyclic) bond motifs is 2. The van der Waals surface area contributed by atoms with Gasteiger partial charge in [0, 0.05) is 5.56 Å². The van der Waals surface area contributed by atoms with Gasteiger partial charge in [0.15, 0.2) is 6.29 Å². The Bertz CT molecular complexity index is 1110. The summed E-state index contributed by atoms with van der Waals surface area (Å²) in [6.07, 6.45) is -5.62. The van der Waals surface area contributed by atoms with Crippen molar-refractivity contribution in [2.24, 2.45) is 0 Å². The number of methoxy groups -OCH3 is 1. The van der Waals surface area contributed by atoms with Crippen LogP contribution in [-0.4, -0.2) is 69.1 Å². The number of carbonyl (C=O) groups excluding carboxylic acids is 1. The molecule has 4 rings (SSSR count). The van der Waals surface area contributed by atoms with Gasteiger partial charge in [-0.25, -0.2) is 9.97 Å². The topological polar surface area (TPSA) is 131 Å². The zero-order chi connectivity index (χ0) is 22.1. The molecule has 3 unspecified atom stereocenters. The molecule has 1 aromatic heterocycles. The van der Waals surface area contributed by atoms with Crippen molar-refractivity contribution in [1.29, 1.82) is 0 Å². The smallest absolute Gasteiger partial charge is 0.310 e. The van der Waals surface area contributed by atoms with Crippen LogP contribution in [0.3, 0.4) is 0 Å². The van der Waals surface area contributed by atoms with E-state index in [1.807, 2.05) is 30.3 Å². The SMILES string of the molecule is COC(=O)Cc1cccc2nc3c(CO[C@H]4OC(C)[C@H](O)C(O)C4O)cccc3nc12. The van der Waals surface area contributed by atoms with E-state index in [1.165, 1.54) is 7.11 Å². The average molecular weight is 428 g/mol. The summed E-state index contributed by atoms with van der Waals surface area (Å²) in [7, 11) is 1.34. The number of para-hydroxylation sites is 2. The molecular formula is C22H24N2O7. The Morgan fingerprint density at radius 1 is 0.968 bits per heavy atom. The fraction of sp³-hybridized carbons (Fsp3) is 0.409. The summed E-state index contributed by atoms with van der Waals surface area (Å²) in [5.41, 5.74) is 3.93. The molecule has 164 valence electrons. The Kier molecular flexibility index (Phi) is 6.12. The van der Waals surface area contributed by atoms with Gasteiger partial charge >= 0.3 is 5.97 Å². The maximum absolute atomic E-state index is 11.7. The molecule has 1 aliphatic rings. The van der Waals surface area contributed by atoms with Gasteiger partial charge < -0.3 is 29.5 Å². The van der Waals surface area contributed by atoms with E-state index in [2.05, 4.69) is 4.98 Å². The molecular weight excluding hydrogens is 404 g/mol. The minimum Gasteiger partial charge on any atom is -0.469 e. The highest BCUT2D eigenvalue weighted by Crippen LogP contribution is 2.26. The van der Waals surface area contributed by atoms with Crippen molar-refractivity contribution in [3.63, 3.8) is 0 Å². The lowest BCUT2D eigenvalue weighted by atomic mass is 10.00. The monoisotopic (exact) mass is 428 g/mol. The maximum Gasteiger partial charge on any atom is 0.310 e. The predicted molar refractivity (Wildman–Crippen MR) is 110 cm³/mol. The van der Waals surface area contributed by atoms with Crippen LogP contribution in [0, 0.1) is 0 Å². The summed E-state index contributed by atoms with van der Waals surface area (Å²) in [5, 5.41) is 29.9. The molecule has 0 spiro atoms. The van der Waals surface area contributed by atoms with E-state index in [9.17, 15) is 20.1 Å². The molecule has 2 heterocycles. The fourth-order valence-corrected chi connectivity index (χ4v) is 3.64. The number of aliphatic hydroxyl groups excluding tert-OH is 3. The minimum absolute atomic E-state index is 0.0522. The standard InChI is InChI=1S/C22H24N2O7/c1-11-19(26)20(27)21(28)22(31-11)30-10-13-6-4-8-15-18(13)24-14-7-3-5-12(17(14)23-15)9-16(25)29-2/h3-8,11,19-22,26-28H,9-10H2,1-2H3/t11?,19-,20?,21?,22-/m0/s1. The number of nitrogens with zero attached hydrogens (tertiary/aromatic N) is 2. The molecule has 31 heavy (non-hydrogen) atoms. The molecule has 0 saturated carbocycles. The molecule has 3 N–H and O–H groups in total. The first-order chi connectivity index (χ1) is 14.9. The van der Waals surface area contributed by atoms with Crippen LogP contribution in [-0.2, 0) is 32.0 Å². The first-order valence-corrected chi connectivity index (χ1v) is 9.94. The number of esters is 1. The van der Waals surface area contributed by atoms with Gasteiger partial charge in [0.2, 0.25) is 0 Å². The van der Waals surface area contributed by atoms with Gasteiger partial charge in [-0.05, 0) is 24.6 Å². The molecule has 1 saturated heterocycles. The highest BCUT2D eigenvalue weighted by Gasteiger charge is 2.42. The third-order valence-electron chi connectivity index (χ3n) is 5.44. The van der Waals surface area contributed by atoms with Crippen LogP contribution in [0.2, 0.25) is 0 Å². The van der Waals surface area contributed by atoms with Crippen LogP contribution >= 0.6 is 0 Å². The zero-order valence-corrected chi connectivity index (χ0v) is 17.1. The number of hydrogen-bond donors (Lipinski definition) is 3. The molecule has 3 aromatic rings. The normalized spacial score (nSPS) is 26.3. The molecule has 0 amide bonds. The number of aromatic nitrogens is 2. The van der Waals surface area contributed by atoms with E-state index in [-0.39, 0.29) is 19.0 Å². The molecule has 9 nitrogen and oxygen atoms in total. The Labute approximate surface area is 178 Å². The number of carbonyl (C=O) groups is 1. The van der Waals surface area contributed by atoms with E-state index in [0.29, 0.717) is 27.6 Å². The number of hydrogen-bond acceptors (Lipinski definition) is 9. The van der Waals surface area contributed by atoms with Crippen LogP contribution in [0.4, 0.5) is 0 Å². The highest BCUT2D eigenvalue weighted by atomic mass is 16.7. The Balaban J connectivity index is 1.63. The van der Waals surface area contributed by atoms with Gasteiger partial charge in [0.1, 0.15) is 18.3 Å². The zero-order valence-electron chi connectivity index (χ0n) is 17.1. The van der Waals surface area contributed by atoms with Gasteiger partial charge in [0.25, 0.3) is 0 Å². The molecule has 1 aliphatic heterocycles. The van der Waals surface area contributed by atoms with Crippen molar-refractivity contribution in [3.8, 4) is 0 Å². The number of ether oxygens (including phenoxy) is 3. The summed E-state index contributed by atoms with van der Waals surface area (Å²) in [5.74, 6) is -0.357. The van der Waals surface area contributed by atoms with Crippen molar-refractivity contribution in [2.45, 2.75) is 50.7 Å². The third-order valence-corrected chi connectivity index (χ3v) is 5.44. The summed E-state index contributed by atoms with van der Waals surface area (Å²) >= 11 is 0. The van der Waals surface area contributed by atoms with E-state index in [0.717, 1.165) is 5.56 Å². The maximum atomic E-state index is 11.7. The van der Waals surface area contributed by atoms with Gasteiger partial charge in [0.05, 0.1) is 48.3 Å². The Morgan fingerprint density at radius 3 is 2.23 bits per heavy atom. The first kappa shape index (κ1) is 21.5. The molecule has 9 heteroatoms. The predicted octanol–water partition coefficient (Wildman–Crippen LogP) is 0.843. The van der Waals surface area contributed by atoms with E-state index < -0.39 is 30.7 Å². The molecule has 2 aromatic carbocycles. The number of benzene rings is 2. The van der Waals surface area contributed by atoms with Crippen LogP contribution in [0.1, 0.15) is 18.1 Å². The lowest BCUT2D eigenvalue weighted by molar-refractivity contribution is -0.296.